The first-order chi connectivity index (χ1) is 7.81. The van der Waals surface area contributed by atoms with Gasteiger partial charge < -0.3 is 5.32 Å². The molecule has 0 aromatic carbocycles. The zero-order valence-electron chi connectivity index (χ0n) is 12.8. The maximum absolute atomic E-state index is 3.64. The minimum atomic E-state index is 0.218. The topological polar surface area (TPSA) is 15.3 Å². The van der Waals surface area contributed by atoms with Gasteiger partial charge in [-0.2, -0.15) is 11.8 Å². The molecule has 1 N–H and O–H groups in total. The van der Waals surface area contributed by atoms with E-state index in [0.717, 1.165) is 6.54 Å². The van der Waals surface area contributed by atoms with Crippen molar-refractivity contribution in [3.05, 3.63) is 0 Å². The first-order valence-electron chi connectivity index (χ1n) is 6.77. The highest BCUT2D eigenvalue weighted by Crippen LogP contribution is 2.12. The van der Waals surface area contributed by atoms with Crippen LogP contribution < -0.4 is 5.32 Å². The van der Waals surface area contributed by atoms with Gasteiger partial charge in [0.15, 0.2) is 0 Å². The Kier molecular flexibility index (Phi) is 8.52. The maximum atomic E-state index is 3.64. The summed E-state index contributed by atoms with van der Waals surface area (Å²) in [5.74, 6) is 1.21. The van der Waals surface area contributed by atoms with Gasteiger partial charge in [-0.1, -0.05) is 13.3 Å². The number of nitrogens with one attached hydrogen (secondary N) is 1. The molecule has 0 spiro atoms. The zero-order valence-corrected chi connectivity index (χ0v) is 13.7. The van der Waals surface area contributed by atoms with Crippen molar-refractivity contribution in [2.24, 2.45) is 0 Å². The Bertz CT molecular complexity index is 189. The van der Waals surface area contributed by atoms with E-state index < -0.39 is 0 Å². The lowest BCUT2D eigenvalue weighted by Gasteiger charge is -2.35. The molecule has 0 aliphatic carbocycles. The molecule has 0 bridgehead atoms. The second-order valence-corrected chi connectivity index (χ2v) is 6.95. The normalized spacial score (nSPS) is 16.2. The van der Waals surface area contributed by atoms with Crippen molar-refractivity contribution in [3.8, 4) is 0 Å². The van der Waals surface area contributed by atoms with E-state index in [1.165, 1.54) is 18.6 Å². The number of thioether (sulfide) groups is 1. The van der Waals surface area contributed by atoms with Crippen LogP contribution in [-0.4, -0.2) is 48.1 Å². The largest absolute Gasteiger partial charge is 0.311 e. The van der Waals surface area contributed by atoms with Gasteiger partial charge in [0.1, 0.15) is 0 Å². The fourth-order valence-corrected chi connectivity index (χ4v) is 2.64. The predicted molar refractivity (Wildman–Crippen MR) is 82.1 cm³/mol. The predicted octanol–water partition coefficient (Wildman–Crippen LogP) is 3.23. The van der Waals surface area contributed by atoms with Crippen molar-refractivity contribution in [2.45, 2.75) is 65.1 Å². The SMILES string of the molecule is CCCC(CNC(C)(C)C)N(C)C(C)CSC. The van der Waals surface area contributed by atoms with Gasteiger partial charge in [0.2, 0.25) is 0 Å². The van der Waals surface area contributed by atoms with Gasteiger partial charge in [-0.25, -0.2) is 0 Å². The highest BCUT2D eigenvalue weighted by molar-refractivity contribution is 7.98. The van der Waals surface area contributed by atoms with Crippen molar-refractivity contribution >= 4 is 11.8 Å². The average molecular weight is 260 g/mol. The van der Waals surface area contributed by atoms with Crippen LogP contribution in [-0.2, 0) is 0 Å². The zero-order chi connectivity index (χ0) is 13.5. The van der Waals surface area contributed by atoms with Crippen LogP contribution in [0.15, 0.2) is 0 Å². The molecule has 3 heteroatoms. The Hall–Kier alpha value is 0.270. The Morgan fingerprint density at radius 3 is 2.29 bits per heavy atom. The van der Waals surface area contributed by atoms with E-state index in [9.17, 15) is 0 Å². The Morgan fingerprint density at radius 2 is 1.88 bits per heavy atom. The molecule has 0 aromatic rings. The molecule has 0 saturated heterocycles. The van der Waals surface area contributed by atoms with Crippen LogP contribution in [0.2, 0.25) is 0 Å². The Morgan fingerprint density at radius 1 is 1.29 bits per heavy atom. The number of hydrogen-bond acceptors (Lipinski definition) is 3. The standard InChI is InChI=1S/C14H32N2S/c1-8-9-13(10-15-14(3,4)5)16(6)12(2)11-17-7/h12-13,15H,8-11H2,1-7H3. The van der Waals surface area contributed by atoms with E-state index in [-0.39, 0.29) is 5.54 Å². The van der Waals surface area contributed by atoms with E-state index in [1.807, 2.05) is 11.8 Å². The fraction of sp³-hybridized carbons (Fsp3) is 1.00. The van der Waals surface area contributed by atoms with E-state index in [0.29, 0.717) is 12.1 Å². The van der Waals surface area contributed by atoms with E-state index >= 15 is 0 Å². The minimum Gasteiger partial charge on any atom is -0.311 e. The van der Waals surface area contributed by atoms with Crippen LogP contribution in [0.25, 0.3) is 0 Å². The third-order valence-electron chi connectivity index (χ3n) is 3.17. The number of likely N-dealkylation sites (N-methyl/N-ethyl adjacent to an activating group) is 1. The second-order valence-electron chi connectivity index (χ2n) is 6.04. The first kappa shape index (κ1) is 17.3. The number of hydrogen-bond donors (Lipinski definition) is 1. The molecule has 0 fully saturated rings. The number of nitrogens with zero attached hydrogens (tertiary/aromatic N) is 1. The van der Waals surface area contributed by atoms with Crippen LogP contribution in [0.5, 0.6) is 0 Å². The Balaban J connectivity index is 4.29. The van der Waals surface area contributed by atoms with Gasteiger partial charge >= 0.3 is 0 Å². The molecule has 0 rings (SSSR count). The quantitative estimate of drug-likeness (QED) is 0.721. The summed E-state index contributed by atoms with van der Waals surface area (Å²) in [6.07, 6.45) is 4.72. The van der Waals surface area contributed by atoms with Gasteiger partial charge in [0, 0.05) is 29.9 Å². The van der Waals surface area contributed by atoms with E-state index in [4.69, 9.17) is 0 Å². The van der Waals surface area contributed by atoms with E-state index in [2.05, 4.69) is 58.1 Å². The summed E-state index contributed by atoms with van der Waals surface area (Å²) in [4.78, 5) is 2.54. The highest BCUT2D eigenvalue weighted by Gasteiger charge is 2.20. The van der Waals surface area contributed by atoms with Gasteiger partial charge in [-0.15, -0.1) is 0 Å². The average Bonchev–Trinajstić information content (AvgIpc) is 2.22. The fourth-order valence-electron chi connectivity index (χ4n) is 1.93. The van der Waals surface area contributed by atoms with Gasteiger partial charge in [-0.3, -0.25) is 4.90 Å². The molecule has 2 atom stereocenters. The molecule has 104 valence electrons. The molecular weight excluding hydrogens is 228 g/mol. The van der Waals surface area contributed by atoms with Crippen molar-refractivity contribution in [2.75, 3.05) is 25.6 Å². The summed E-state index contributed by atoms with van der Waals surface area (Å²) in [6.45, 7) is 12.4. The number of rotatable bonds is 8. The lowest BCUT2D eigenvalue weighted by atomic mass is 10.1. The molecular formula is C14H32N2S. The van der Waals surface area contributed by atoms with Gasteiger partial charge in [0.05, 0.1) is 0 Å². The third kappa shape index (κ3) is 8.06. The Labute approximate surface area is 113 Å². The minimum absolute atomic E-state index is 0.218. The monoisotopic (exact) mass is 260 g/mol. The molecule has 2 nitrogen and oxygen atoms in total. The lowest BCUT2D eigenvalue weighted by Crippen LogP contribution is -2.49. The molecule has 2 unspecified atom stereocenters. The van der Waals surface area contributed by atoms with E-state index in [1.54, 1.807) is 0 Å². The summed E-state index contributed by atoms with van der Waals surface area (Å²) >= 11 is 1.94. The molecule has 0 amide bonds. The first-order valence-corrected chi connectivity index (χ1v) is 8.17. The van der Waals surface area contributed by atoms with Crippen LogP contribution in [0, 0.1) is 0 Å². The second kappa shape index (κ2) is 8.39. The molecule has 17 heavy (non-hydrogen) atoms. The van der Waals surface area contributed by atoms with Crippen molar-refractivity contribution in [1.29, 1.82) is 0 Å². The summed E-state index contributed by atoms with van der Waals surface area (Å²) in [5.41, 5.74) is 0.218. The van der Waals surface area contributed by atoms with Gasteiger partial charge in [-0.05, 0) is 47.4 Å². The molecule has 0 aromatic heterocycles. The smallest absolute Gasteiger partial charge is 0.0220 e. The highest BCUT2D eigenvalue weighted by atomic mass is 32.2. The van der Waals surface area contributed by atoms with Crippen LogP contribution in [0.3, 0.4) is 0 Å². The molecule has 0 heterocycles. The maximum Gasteiger partial charge on any atom is 0.0220 e. The van der Waals surface area contributed by atoms with Crippen molar-refractivity contribution in [1.82, 2.24) is 10.2 Å². The van der Waals surface area contributed by atoms with Gasteiger partial charge in [0.25, 0.3) is 0 Å². The van der Waals surface area contributed by atoms with Crippen LogP contribution in [0.1, 0.15) is 47.5 Å². The summed E-state index contributed by atoms with van der Waals surface area (Å²) in [6, 6.07) is 1.31. The third-order valence-corrected chi connectivity index (χ3v) is 3.98. The molecule has 0 aliphatic heterocycles. The lowest BCUT2D eigenvalue weighted by molar-refractivity contribution is 0.174. The van der Waals surface area contributed by atoms with Crippen LogP contribution in [0.4, 0.5) is 0 Å². The molecule has 0 aliphatic rings. The molecule has 0 saturated carbocycles. The molecule has 0 radical (unpaired) electrons. The summed E-state index contributed by atoms with van der Waals surface area (Å²) in [5, 5.41) is 3.64. The van der Waals surface area contributed by atoms with Crippen molar-refractivity contribution in [3.63, 3.8) is 0 Å². The summed E-state index contributed by atoms with van der Waals surface area (Å²) in [7, 11) is 2.27. The van der Waals surface area contributed by atoms with Crippen LogP contribution >= 0.6 is 11.8 Å². The van der Waals surface area contributed by atoms with Crippen molar-refractivity contribution < 1.29 is 0 Å². The summed E-state index contributed by atoms with van der Waals surface area (Å²) < 4.78 is 0.